The van der Waals surface area contributed by atoms with E-state index >= 15 is 0 Å². The van der Waals surface area contributed by atoms with Gasteiger partial charge in [0, 0.05) is 38.6 Å². The maximum absolute atomic E-state index is 8.91. The molecule has 1 fully saturated rings. The Hall–Kier alpha value is -2.63. The Kier molecular flexibility index (Phi) is 14.1. The first kappa shape index (κ1) is 31.4. The van der Waals surface area contributed by atoms with E-state index in [1.54, 1.807) is 32.4 Å². The molecule has 0 spiro atoms. The molecule has 1 aliphatic carbocycles. The van der Waals surface area contributed by atoms with Crippen LogP contribution in [0.1, 0.15) is 19.3 Å². The predicted octanol–water partition coefficient (Wildman–Crippen LogP) is 3.15. The van der Waals surface area contributed by atoms with Gasteiger partial charge >= 0.3 is 21.1 Å². The SMILES string of the molecule is CN(C)C1=N[C@@H]2CC[C@H]1C[C@H]2C#N.CP(C)C.[N-]=O.[W+2].c1cnn([B-](n2cccn2)n2cccn2)c1. The summed E-state index contributed by atoms with van der Waals surface area (Å²) in [5.41, 5.74) is 5.75. The molecule has 1 saturated carbocycles. The Labute approximate surface area is 228 Å². The van der Waals surface area contributed by atoms with Gasteiger partial charge in [0.1, 0.15) is 5.84 Å². The van der Waals surface area contributed by atoms with E-state index in [2.05, 4.69) is 51.3 Å². The van der Waals surface area contributed by atoms with Crippen molar-refractivity contribution >= 4 is 20.9 Å². The molecule has 11 nitrogen and oxygen atoms in total. The summed E-state index contributed by atoms with van der Waals surface area (Å²) in [5, 5.41) is 21.6. The molecule has 1 radical (unpaired) electrons. The van der Waals surface area contributed by atoms with E-state index in [0.717, 1.165) is 12.8 Å². The van der Waals surface area contributed by atoms with Gasteiger partial charge in [-0.15, -0.1) is 7.92 Å². The van der Waals surface area contributed by atoms with Crippen molar-refractivity contribution in [1.29, 1.82) is 5.26 Å². The standard InChI is InChI=1S/C10H15N3.C9H9BN6.C3H9P.NO.W/c1-13(2)10-7-3-4-9(12-10)8(5-7)6-11;1-4-11-14(7-1)10(15-8-2-5-12-15)16-9-3-6-13-16;1-4(2)3;1-2;/h7-9H,3-5H2,1-2H3;1-9H;1-3H3;;/q;-1;;-1;+2/t7-,8-,9+;;;;/m0..../s1. The smallest absolute Gasteiger partial charge is 0.577 e. The summed E-state index contributed by atoms with van der Waals surface area (Å²) in [4.78, 5) is 14.0. The van der Waals surface area contributed by atoms with Gasteiger partial charge in [0.05, 0.1) is 18.0 Å². The first-order valence-electron chi connectivity index (χ1n) is 11.3. The molecular formula is C22H33BN10OPW. The predicted molar refractivity (Wildman–Crippen MR) is 141 cm³/mol. The Bertz CT molecular complexity index is 954. The Balaban J connectivity index is 0.000000294. The minimum atomic E-state index is -0.194. The van der Waals surface area contributed by atoms with E-state index in [9.17, 15) is 0 Å². The van der Waals surface area contributed by atoms with Gasteiger partial charge in [-0.1, -0.05) is 0 Å². The molecule has 0 saturated heterocycles. The van der Waals surface area contributed by atoms with Crippen LogP contribution < -0.4 is 0 Å². The topological polar surface area (TPSA) is 132 Å². The monoisotopic (exact) mass is 679 g/mol. The van der Waals surface area contributed by atoms with Crippen LogP contribution in [0.3, 0.4) is 0 Å². The number of nitroso groups, excluding NO2 is 1. The molecule has 0 amide bonds. The fourth-order valence-electron chi connectivity index (χ4n) is 4.05. The van der Waals surface area contributed by atoms with Crippen molar-refractivity contribution in [2.45, 2.75) is 25.3 Å². The molecule has 3 aromatic heterocycles. The summed E-state index contributed by atoms with van der Waals surface area (Å²) in [6.45, 7) is 6.69. The number of amidine groups is 1. The third kappa shape index (κ3) is 8.79. The number of fused-ring (bicyclic) bond motifs is 2. The van der Waals surface area contributed by atoms with Crippen LogP contribution in [-0.2, 0) is 21.1 Å². The Morgan fingerprint density at radius 1 is 0.972 bits per heavy atom. The van der Waals surface area contributed by atoms with Crippen molar-refractivity contribution in [3.63, 3.8) is 0 Å². The molecule has 3 atom stereocenters. The molecule has 0 aromatic carbocycles. The number of aromatic nitrogens is 6. The minimum absolute atomic E-state index is 0. The number of nitrogens with zero attached hydrogens (tertiary/aromatic N) is 10. The van der Waals surface area contributed by atoms with Gasteiger partial charge in [-0.3, -0.25) is 4.99 Å². The maximum atomic E-state index is 8.91. The van der Waals surface area contributed by atoms with Crippen molar-refractivity contribution < 1.29 is 21.1 Å². The third-order valence-electron chi connectivity index (χ3n) is 5.39. The van der Waals surface area contributed by atoms with Gasteiger partial charge in [-0.25, -0.2) is 15.3 Å². The molecule has 2 aliphatic heterocycles. The average Bonchev–Trinajstić information content (AvgIpc) is 3.66. The number of aliphatic imine (C=N–C) groups is 1. The van der Waals surface area contributed by atoms with Crippen LogP contribution in [0.15, 0.2) is 60.4 Å². The fraction of sp³-hybridized carbons (Fsp3) is 0.500. The number of nitriles is 1. The summed E-state index contributed by atoms with van der Waals surface area (Å²) in [6.07, 6.45) is 14.2. The molecule has 3 aromatic rings. The molecular weight excluding hydrogens is 646 g/mol. The number of rotatable bonds is 3. The molecule has 0 unspecified atom stereocenters. The van der Waals surface area contributed by atoms with Gasteiger partial charge in [-0.05, 0) is 76.0 Å². The van der Waals surface area contributed by atoms with Crippen LogP contribution in [0, 0.1) is 28.1 Å². The second kappa shape index (κ2) is 16.2. The molecule has 36 heavy (non-hydrogen) atoms. The number of hydrogen-bond acceptors (Lipinski definition) is 7. The zero-order chi connectivity index (χ0) is 25.8. The van der Waals surface area contributed by atoms with Gasteiger partial charge in [0.15, 0.2) is 0 Å². The zero-order valence-electron chi connectivity index (χ0n) is 21.4. The van der Waals surface area contributed by atoms with Gasteiger partial charge in [0.2, 0.25) is 0 Å². The van der Waals surface area contributed by atoms with E-state index in [1.165, 1.54) is 12.3 Å². The minimum Gasteiger partial charge on any atom is -0.577 e. The van der Waals surface area contributed by atoms with Crippen molar-refractivity contribution in [1.82, 2.24) is 34.0 Å². The summed E-state index contributed by atoms with van der Waals surface area (Å²) in [7, 11) is 4.27. The van der Waals surface area contributed by atoms with Crippen LogP contribution in [0.2, 0.25) is 0 Å². The van der Waals surface area contributed by atoms with Crippen LogP contribution in [-0.4, -0.2) is 87.1 Å². The zero-order valence-corrected chi connectivity index (χ0v) is 25.2. The molecule has 191 valence electrons. The maximum Gasteiger partial charge on any atom is 2.00 e. The van der Waals surface area contributed by atoms with Crippen LogP contribution in [0.5, 0.6) is 0 Å². The fourth-order valence-corrected chi connectivity index (χ4v) is 4.05. The van der Waals surface area contributed by atoms with Crippen LogP contribution in [0.4, 0.5) is 0 Å². The quantitative estimate of drug-likeness (QED) is 0.309. The van der Waals surface area contributed by atoms with E-state index in [4.69, 9.17) is 15.8 Å². The third-order valence-corrected chi connectivity index (χ3v) is 5.39. The van der Waals surface area contributed by atoms with E-state index in [1.807, 2.05) is 50.9 Å². The summed E-state index contributed by atoms with van der Waals surface area (Å²) >= 11 is 0. The van der Waals surface area contributed by atoms with Crippen molar-refractivity contribution in [2.24, 2.45) is 16.8 Å². The molecule has 14 heteroatoms. The second-order valence-corrected chi connectivity index (χ2v) is 11.5. The van der Waals surface area contributed by atoms with Crippen LogP contribution in [0.25, 0.3) is 5.59 Å². The van der Waals surface area contributed by atoms with Gasteiger partial charge < -0.3 is 29.2 Å². The van der Waals surface area contributed by atoms with E-state index < -0.39 is 0 Å². The molecule has 3 aliphatic rings. The van der Waals surface area contributed by atoms with Crippen molar-refractivity contribution in [3.8, 4) is 6.07 Å². The first-order chi connectivity index (χ1) is 16.9. The van der Waals surface area contributed by atoms with E-state index in [-0.39, 0.29) is 40.1 Å². The van der Waals surface area contributed by atoms with Gasteiger partial charge in [0.25, 0.3) is 7.12 Å². The largest absolute Gasteiger partial charge is 2.00 e. The molecule has 2 bridgehead atoms. The van der Waals surface area contributed by atoms with Crippen LogP contribution >= 0.6 is 7.92 Å². The first-order valence-corrected chi connectivity index (χ1v) is 14.0. The molecule has 5 heterocycles. The summed E-state index contributed by atoms with van der Waals surface area (Å²) in [6, 6.07) is 8.28. The summed E-state index contributed by atoms with van der Waals surface area (Å²) < 4.78 is 5.38. The molecule has 6 rings (SSSR count). The number of hydrogen-bond donors (Lipinski definition) is 0. The van der Waals surface area contributed by atoms with Crippen molar-refractivity contribution in [3.05, 3.63) is 65.9 Å². The normalized spacial score (nSPS) is 19.3. The second-order valence-electron chi connectivity index (χ2n) is 8.84. The van der Waals surface area contributed by atoms with Crippen molar-refractivity contribution in [2.75, 3.05) is 34.1 Å². The average molecular weight is 679 g/mol. The molecule has 0 N–H and O–H groups in total. The summed E-state index contributed by atoms with van der Waals surface area (Å²) in [5.74, 6) is 1.94. The van der Waals surface area contributed by atoms with Gasteiger partial charge in [-0.2, -0.15) is 5.26 Å². The Morgan fingerprint density at radius 3 is 1.69 bits per heavy atom. The van der Waals surface area contributed by atoms with E-state index in [0.29, 0.717) is 13.8 Å². The Morgan fingerprint density at radius 2 is 1.42 bits per heavy atom.